The van der Waals surface area contributed by atoms with Gasteiger partial charge in [0.05, 0.1) is 6.54 Å². The maximum Gasteiger partial charge on any atom is 0.191 e. The zero-order valence-corrected chi connectivity index (χ0v) is 19.9. The summed E-state index contributed by atoms with van der Waals surface area (Å²) in [5, 5.41) is 10.9. The fraction of sp³-hybridized carbons (Fsp3) is 0.571. The van der Waals surface area contributed by atoms with Crippen molar-refractivity contribution in [1.82, 2.24) is 25.4 Å². The highest BCUT2D eigenvalue weighted by Crippen LogP contribution is 2.21. The summed E-state index contributed by atoms with van der Waals surface area (Å²) < 4.78 is 1.95. The van der Waals surface area contributed by atoms with Crippen molar-refractivity contribution in [3.05, 3.63) is 42.4 Å². The molecule has 2 N–H and O–H groups in total. The largest absolute Gasteiger partial charge is 0.357 e. The van der Waals surface area contributed by atoms with E-state index in [1.54, 1.807) is 0 Å². The van der Waals surface area contributed by atoms with Gasteiger partial charge >= 0.3 is 0 Å². The third-order valence-electron chi connectivity index (χ3n) is 5.10. The van der Waals surface area contributed by atoms with E-state index in [9.17, 15) is 0 Å². The van der Waals surface area contributed by atoms with E-state index in [4.69, 9.17) is 0 Å². The number of guanidine groups is 1. The van der Waals surface area contributed by atoms with Crippen LogP contribution in [0, 0.1) is 5.92 Å². The van der Waals surface area contributed by atoms with E-state index in [0.29, 0.717) is 6.54 Å². The molecule has 1 fully saturated rings. The van der Waals surface area contributed by atoms with E-state index in [0.717, 1.165) is 62.4 Å². The Hall–Kier alpha value is -1.84. The Kier molecular flexibility index (Phi) is 10.2. The van der Waals surface area contributed by atoms with Crippen LogP contribution in [0.5, 0.6) is 0 Å². The molecule has 0 amide bonds. The second kappa shape index (κ2) is 12.7. The molecule has 2 aromatic heterocycles. The summed E-state index contributed by atoms with van der Waals surface area (Å²) in [7, 11) is 0. The molecule has 0 bridgehead atoms. The number of aromatic nitrogens is 3. The van der Waals surface area contributed by atoms with Gasteiger partial charge in [-0.2, -0.15) is 5.10 Å². The number of nitrogens with one attached hydrogen (secondary N) is 2. The number of nitrogens with zero attached hydrogens (tertiary/aromatic N) is 5. The first-order valence-corrected chi connectivity index (χ1v) is 10.4. The first-order valence-electron chi connectivity index (χ1n) is 10.4. The summed E-state index contributed by atoms with van der Waals surface area (Å²) in [6, 6.07) is 6.22. The Bertz CT molecular complexity index is 707. The first kappa shape index (κ1) is 23.4. The molecule has 0 atom stereocenters. The van der Waals surface area contributed by atoms with Gasteiger partial charge in [-0.25, -0.2) is 9.98 Å². The average Bonchev–Trinajstić information content (AvgIpc) is 3.24. The maximum atomic E-state index is 4.69. The van der Waals surface area contributed by atoms with Crippen LogP contribution in [0.1, 0.15) is 38.7 Å². The Morgan fingerprint density at radius 1 is 1.24 bits per heavy atom. The van der Waals surface area contributed by atoms with Gasteiger partial charge in [0.2, 0.25) is 0 Å². The van der Waals surface area contributed by atoms with Crippen molar-refractivity contribution in [2.24, 2.45) is 10.9 Å². The van der Waals surface area contributed by atoms with Crippen molar-refractivity contribution < 1.29 is 0 Å². The quantitative estimate of drug-likeness (QED) is 0.247. The second-order valence-electron chi connectivity index (χ2n) is 7.44. The minimum Gasteiger partial charge on any atom is -0.357 e. The molecule has 1 saturated heterocycles. The van der Waals surface area contributed by atoms with Crippen molar-refractivity contribution in [2.45, 2.75) is 46.2 Å². The molecule has 1 aliphatic heterocycles. The highest BCUT2D eigenvalue weighted by atomic mass is 127. The van der Waals surface area contributed by atoms with E-state index in [2.05, 4.69) is 56.6 Å². The van der Waals surface area contributed by atoms with Gasteiger partial charge in [-0.05, 0) is 49.8 Å². The van der Waals surface area contributed by atoms with E-state index in [1.165, 1.54) is 12.8 Å². The predicted molar refractivity (Wildman–Crippen MR) is 130 cm³/mol. The zero-order valence-electron chi connectivity index (χ0n) is 17.5. The third kappa shape index (κ3) is 7.83. The molecule has 8 heteroatoms. The lowest BCUT2D eigenvalue weighted by Gasteiger charge is -2.31. The molecule has 3 rings (SSSR count). The van der Waals surface area contributed by atoms with Crippen molar-refractivity contribution in [1.29, 1.82) is 0 Å². The summed E-state index contributed by atoms with van der Waals surface area (Å²) in [6.45, 7) is 9.86. The Morgan fingerprint density at radius 2 is 2.07 bits per heavy atom. The van der Waals surface area contributed by atoms with Crippen molar-refractivity contribution in [3.8, 4) is 0 Å². The van der Waals surface area contributed by atoms with Crippen molar-refractivity contribution >= 4 is 35.8 Å². The van der Waals surface area contributed by atoms with Crippen LogP contribution in [0.3, 0.4) is 0 Å². The molecule has 7 nitrogen and oxygen atoms in total. The van der Waals surface area contributed by atoms with E-state index >= 15 is 0 Å². The van der Waals surface area contributed by atoms with Crippen molar-refractivity contribution in [3.63, 3.8) is 0 Å². The Morgan fingerprint density at radius 3 is 2.72 bits per heavy atom. The highest BCUT2D eigenvalue weighted by molar-refractivity contribution is 14.0. The summed E-state index contributed by atoms with van der Waals surface area (Å²) in [5.74, 6) is 2.77. The van der Waals surface area contributed by atoms with Gasteiger partial charge in [0.15, 0.2) is 5.96 Å². The fourth-order valence-corrected chi connectivity index (χ4v) is 3.33. The first-order chi connectivity index (χ1) is 13.7. The number of rotatable bonds is 8. The van der Waals surface area contributed by atoms with E-state index < -0.39 is 0 Å². The molecule has 0 aromatic carbocycles. The van der Waals surface area contributed by atoms with E-state index in [1.807, 2.05) is 29.3 Å². The maximum absolute atomic E-state index is 4.69. The highest BCUT2D eigenvalue weighted by Gasteiger charge is 2.16. The number of hydrogen-bond donors (Lipinski definition) is 2. The van der Waals surface area contributed by atoms with Gasteiger partial charge in [0, 0.05) is 51.3 Å². The van der Waals surface area contributed by atoms with Crippen LogP contribution < -0.4 is 15.5 Å². The molecule has 3 heterocycles. The number of hydrogen-bond acceptors (Lipinski definition) is 4. The lowest BCUT2D eigenvalue weighted by Crippen LogP contribution is -2.38. The molecule has 0 radical (unpaired) electrons. The SMILES string of the molecule is CCNC(=NCc1ccc(N2CCC(C)CC2)nc1)NCCCn1cccn1.I. The lowest BCUT2D eigenvalue weighted by molar-refractivity contribution is 0.436. The Labute approximate surface area is 191 Å². The zero-order chi connectivity index (χ0) is 19.6. The van der Waals surface area contributed by atoms with Gasteiger partial charge < -0.3 is 15.5 Å². The van der Waals surface area contributed by atoms with Crippen LogP contribution in [0.4, 0.5) is 5.82 Å². The molecule has 2 aromatic rings. The number of aryl methyl sites for hydroxylation is 1. The molecule has 0 spiro atoms. The molecular formula is C21H34IN7. The molecule has 0 unspecified atom stereocenters. The van der Waals surface area contributed by atoms with Crippen LogP contribution in [0.15, 0.2) is 41.8 Å². The van der Waals surface area contributed by atoms with Gasteiger partial charge in [-0.3, -0.25) is 4.68 Å². The Balaban J connectivity index is 0.00000300. The molecule has 0 saturated carbocycles. The number of piperidine rings is 1. The fourth-order valence-electron chi connectivity index (χ4n) is 3.33. The van der Waals surface area contributed by atoms with Crippen LogP contribution in [-0.4, -0.2) is 46.9 Å². The molecule has 29 heavy (non-hydrogen) atoms. The lowest BCUT2D eigenvalue weighted by atomic mass is 9.99. The van der Waals surface area contributed by atoms with Crippen LogP contribution in [0.2, 0.25) is 0 Å². The number of aliphatic imine (C=N–C) groups is 1. The molecule has 0 aliphatic carbocycles. The standard InChI is InChI=1S/C21H33N7.HI/c1-3-22-21(23-10-4-12-28-13-5-11-26-28)25-17-19-6-7-20(24-16-19)27-14-8-18(2)9-15-27;/h5-7,11,13,16,18H,3-4,8-10,12,14-15,17H2,1-2H3,(H2,22,23,25);1H. The minimum atomic E-state index is 0. The minimum absolute atomic E-state index is 0. The second-order valence-corrected chi connectivity index (χ2v) is 7.44. The van der Waals surface area contributed by atoms with Gasteiger partial charge in [0.25, 0.3) is 0 Å². The summed E-state index contributed by atoms with van der Waals surface area (Å²) in [5.41, 5.74) is 1.13. The summed E-state index contributed by atoms with van der Waals surface area (Å²) >= 11 is 0. The topological polar surface area (TPSA) is 70.4 Å². The average molecular weight is 511 g/mol. The predicted octanol–water partition coefficient (Wildman–Crippen LogP) is 3.28. The molecular weight excluding hydrogens is 477 g/mol. The smallest absolute Gasteiger partial charge is 0.191 e. The number of halogens is 1. The normalized spacial score (nSPS) is 15.1. The van der Waals surface area contributed by atoms with Gasteiger partial charge in [-0.1, -0.05) is 13.0 Å². The summed E-state index contributed by atoms with van der Waals surface area (Å²) in [6.07, 6.45) is 9.26. The van der Waals surface area contributed by atoms with Gasteiger partial charge in [0.1, 0.15) is 5.82 Å². The summed E-state index contributed by atoms with van der Waals surface area (Å²) in [4.78, 5) is 11.7. The number of anilines is 1. The third-order valence-corrected chi connectivity index (χ3v) is 5.10. The molecule has 1 aliphatic rings. The van der Waals surface area contributed by atoms with Crippen LogP contribution in [-0.2, 0) is 13.1 Å². The monoisotopic (exact) mass is 511 g/mol. The molecule has 160 valence electrons. The van der Waals surface area contributed by atoms with E-state index in [-0.39, 0.29) is 24.0 Å². The van der Waals surface area contributed by atoms with Crippen LogP contribution >= 0.6 is 24.0 Å². The van der Waals surface area contributed by atoms with Crippen molar-refractivity contribution in [2.75, 3.05) is 31.1 Å². The number of pyridine rings is 1. The van der Waals surface area contributed by atoms with Crippen LogP contribution in [0.25, 0.3) is 0 Å². The van der Waals surface area contributed by atoms with Gasteiger partial charge in [-0.15, -0.1) is 24.0 Å².